The zero-order valence-corrected chi connectivity index (χ0v) is 23.1. The van der Waals surface area contributed by atoms with Gasteiger partial charge < -0.3 is 15.2 Å². The van der Waals surface area contributed by atoms with Gasteiger partial charge in [-0.2, -0.15) is 8.42 Å². The predicted octanol–water partition coefficient (Wildman–Crippen LogP) is 7.73. The molecule has 0 spiro atoms. The third-order valence-corrected chi connectivity index (χ3v) is 7.40. The summed E-state index contributed by atoms with van der Waals surface area (Å²) in [7, 11) is -4.71. The first-order chi connectivity index (χ1) is 18.6. The zero-order chi connectivity index (χ0) is 28.3. The summed E-state index contributed by atoms with van der Waals surface area (Å²) in [5.41, 5.74) is -0.0463. The standard InChI is InChI=1S/C27H23Cl2N3O6S/c1-3-15-12-13-20(29)24(26(15)39(35,36)37)32-31-22-17-9-6-5-8-16(17)14-18(25(22)33)27(34)30-23-19(28)10-7-11-21(23)38-4-2/h5-14,33H,3-4H2,1-2H3,(H,30,34)(H,35,36,37). The average Bonchev–Trinajstić information content (AvgIpc) is 2.89. The largest absolute Gasteiger partial charge is 0.505 e. The molecule has 0 atom stereocenters. The van der Waals surface area contributed by atoms with E-state index in [4.69, 9.17) is 27.9 Å². The first-order valence-electron chi connectivity index (χ1n) is 11.7. The Morgan fingerprint density at radius 3 is 2.38 bits per heavy atom. The fraction of sp³-hybridized carbons (Fsp3) is 0.148. The van der Waals surface area contributed by atoms with Crippen LogP contribution < -0.4 is 10.1 Å². The van der Waals surface area contributed by atoms with Gasteiger partial charge in [0.15, 0.2) is 5.75 Å². The smallest absolute Gasteiger partial charge is 0.297 e. The fourth-order valence-electron chi connectivity index (χ4n) is 4.02. The quantitative estimate of drug-likeness (QED) is 0.142. The molecule has 0 aliphatic rings. The molecule has 202 valence electrons. The highest BCUT2D eigenvalue weighted by Gasteiger charge is 2.24. The Bertz CT molecular complexity index is 1720. The van der Waals surface area contributed by atoms with E-state index in [0.717, 1.165) is 0 Å². The molecule has 0 radical (unpaired) electrons. The van der Waals surface area contributed by atoms with E-state index in [0.29, 0.717) is 23.1 Å². The Labute approximate surface area is 234 Å². The van der Waals surface area contributed by atoms with Crippen LogP contribution in [0.3, 0.4) is 0 Å². The molecule has 0 unspecified atom stereocenters. The molecule has 0 saturated carbocycles. The third-order valence-electron chi connectivity index (χ3n) is 5.81. The topological polar surface area (TPSA) is 138 Å². The number of anilines is 1. The van der Waals surface area contributed by atoms with Crippen molar-refractivity contribution in [2.75, 3.05) is 11.9 Å². The van der Waals surface area contributed by atoms with Crippen molar-refractivity contribution in [2.45, 2.75) is 25.2 Å². The van der Waals surface area contributed by atoms with Crippen molar-refractivity contribution in [2.24, 2.45) is 10.2 Å². The lowest BCUT2D eigenvalue weighted by Crippen LogP contribution is -2.14. The van der Waals surface area contributed by atoms with E-state index in [1.807, 2.05) is 0 Å². The summed E-state index contributed by atoms with van der Waals surface area (Å²) in [5, 5.41) is 23.1. The van der Waals surface area contributed by atoms with E-state index < -0.39 is 26.7 Å². The van der Waals surface area contributed by atoms with Gasteiger partial charge in [0, 0.05) is 5.39 Å². The number of fused-ring (bicyclic) bond motifs is 1. The minimum atomic E-state index is -4.71. The van der Waals surface area contributed by atoms with Crippen molar-refractivity contribution in [1.82, 2.24) is 0 Å². The number of carbonyl (C=O) groups excluding carboxylic acids is 1. The van der Waals surface area contributed by atoms with Crippen molar-refractivity contribution in [1.29, 1.82) is 0 Å². The number of amides is 1. The monoisotopic (exact) mass is 587 g/mol. The van der Waals surface area contributed by atoms with Crippen LogP contribution in [0.25, 0.3) is 10.8 Å². The molecule has 9 nitrogen and oxygen atoms in total. The Balaban J connectivity index is 1.87. The van der Waals surface area contributed by atoms with Gasteiger partial charge in [0.25, 0.3) is 16.0 Å². The highest BCUT2D eigenvalue weighted by atomic mass is 35.5. The van der Waals surface area contributed by atoms with Crippen LogP contribution in [0, 0.1) is 0 Å². The van der Waals surface area contributed by atoms with Crippen molar-refractivity contribution < 1.29 is 27.6 Å². The minimum Gasteiger partial charge on any atom is -0.505 e. The number of aromatic hydroxyl groups is 1. The van der Waals surface area contributed by atoms with Crippen LogP contribution in [-0.4, -0.2) is 30.6 Å². The number of hydrogen-bond donors (Lipinski definition) is 3. The lowest BCUT2D eigenvalue weighted by molar-refractivity contribution is 0.102. The zero-order valence-electron chi connectivity index (χ0n) is 20.8. The van der Waals surface area contributed by atoms with Gasteiger partial charge in [0.05, 0.1) is 22.2 Å². The van der Waals surface area contributed by atoms with Crippen LogP contribution in [0.5, 0.6) is 11.5 Å². The second-order valence-electron chi connectivity index (χ2n) is 8.26. The van der Waals surface area contributed by atoms with Crippen LogP contribution >= 0.6 is 23.2 Å². The van der Waals surface area contributed by atoms with Crippen LogP contribution in [-0.2, 0) is 16.5 Å². The number of nitrogens with zero attached hydrogens (tertiary/aromatic N) is 2. The van der Waals surface area contributed by atoms with Crippen molar-refractivity contribution in [3.05, 3.63) is 81.8 Å². The molecule has 39 heavy (non-hydrogen) atoms. The molecule has 3 N–H and O–H groups in total. The maximum Gasteiger partial charge on any atom is 0.297 e. The van der Waals surface area contributed by atoms with E-state index in [1.165, 1.54) is 18.2 Å². The number of halogens is 2. The summed E-state index contributed by atoms with van der Waals surface area (Å²) in [6, 6.07) is 16.1. The molecular formula is C27H23Cl2N3O6S. The number of ether oxygens (including phenoxy) is 1. The summed E-state index contributed by atoms with van der Waals surface area (Å²) in [5.74, 6) is -0.869. The van der Waals surface area contributed by atoms with E-state index >= 15 is 0 Å². The van der Waals surface area contributed by atoms with E-state index in [-0.39, 0.29) is 44.7 Å². The van der Waals surface area contributed by atoms with Gasteiger partial charge in [0.2, 0.25) is 0 Å². The number of azo groups is 1. The Morgan fingerprint density at radius 1 is 0.974 bits per heavy atom. The highest BCUT2D eigenvalue weighted by Crippen LogP contribution is 2.42. The molecule has 0 aliphatic heterocycles. The number of nitrogens with one attached hydrogen (secondary N) is 1. The van der Waals surface area contributed by atoms with Crippen LogP contribution in [0.15, 0.2) is 75.8 Å². The number of carbonyl (C=O) groups is 1. The second-order valence-corrected chi connectivity index (χ2v) is 10.4. The number of aryl methyl sites for hydroxylation is 1. The van der Waals surface area contributed by atoms with Gasteiger partial charge in [-0.05, 0) is 48.6 Å². The lowest BCUT2D eigenvalue weighted by Gasteiger charge is -2.15. The highest BCUT2D eigenvalue weighted by molar-refractivity contribution is 7.86. The van der Waals surface area contributed by atoms with Crippen molar-refractivity contribution in [3.63, 3.8) is 0 Å². The van der Waals surface area contributed by atoms with Crippen LogP contribution in [0.1, 0.15) is 29.8 Å². The van der Waals surface area contributed by atoms with Gasteiger partial charge in [-0.1, -0.05) is 66.5 Å². The van der Waals surface area contributed by atoms with E-state index in [9.17, 15) is 22.9 Å². The van der Waals surface area contributed by atoms with E-state index in [1.54, 1.807) is 56.3 Å². The minimum absolute atomic E-state index is 0.0801. The van der Waals surface area contributed by atoms with Gasteiger partial charge in [-0.15, -0.1) is 10.2 Å². The summed E-state index contributed by atoms with van der Waals surface area (Å²) < 4.78 is 39.7. The van der Waals surface area contributed by atoms with Crippen LogP contribution in [0.2, 0.25) is 10.0 Å². The third kappa shape index (κ3) is 5.84. The predicted molar refractivity (Wildman–Crippen MR) is 151 cm³/mol. The summed E-state index contributed by atoms with van der Waals surface area (Å²) in [4.78, 5) is 12.9. The van der Waals surface area contributed by atoms with Crippen molar-refractivity contribution >= 4 is 67.1 Å². The SMILES string of the molecule is CCOc1cccc(Cl)c1NC(=O)c1cc2ccccc2c(N=Nc2c(Cl)ccc(CC)c2S(=O)(=O)O)c1O. The lowest BCUT2D eigenvalue weighted by atomic mass is 10.0. The first-order valence-corrected chi connectivity index (χ1v) is 13.9. The second kappa shape index (κ2) is 11.6. The number of phenolic OH excluding ortho intramolecular Hbond substituents is 1. The summed E-state index contributed by atoms with van der Waals surface area (Å²) in [6.07, 6.45) is 0.268. The molecule has 4 aromatic rings. The Hall–Kier alpha value is -3.70. The number of phenols is 1. The molecule has 0 saturated heterocycles. The maximum absolute atomic E-state index is 13.3. The molecule has 0 aliphatic carbocycles. The molecule has 0 heterocycles. The average molecular weight is 588 g/mol. The number of rotatable bonds is 8. The molecule has 1 amide bonds. The van der Waals surface area contributed by atoms with Gasteiger partial charge in [-0.3, -0.25) is 9.35 Å². The van der Waals surface area contributed by atoms with Crippen molar-refractivity contribution in [3.8, 4) is 11.5 Å². The summed E-state index contributed by atoms with van der Waals surface area (Å²) >= 11 is 12.5. The molecular weight excluding hydrogens is 565 g/mol. The molecule has 12 heteroatoms. The number of para-hydroxylation sites is 1. The Morgan fingerprint density at radius 2 is 1.69 bits per heavy atom. The van der Waals surface area contributed by atoms with E-state index in [2.05, 4.69) is 15.5 Å². The Kier molecular flexibility index (Phi) is 8.41. The van der Waals surface area contributed by atoms with Gasteiger partial charge in [0.1, 0.15) is 27.7 Å². The molecule has 4 aromatic carbocycles. The normalized spacial score (nSPS) is 11.7. The van der Waals surface area contributed by atoms with Gasteiger partial charge in [-0.25, -0.2) is 0 Å². The number of benzene rings is 4. The molecule has 4 rings (SSSR count). The maximum atomic E-state index is 13.3. The molecule has 0 fully saturated rings. The van der Waals surface area contributed by atoms with Gasteiger partial charge >= 0.3 is 0 Å². The number of hydrogen-bond acceptors (Lipinski definition) is 7. The molecule has 0 bridgehead atoms. The molecule has 0 aromatic heterocycles. The first kappa shape index (κ1) is 28.3. The fourth-order valence-corrected chi connectivity index (χ4v) is 5.43. The summed E-state index contributed by atoms with van der Waals surface area (Å²) in [6.45, 7) is 3.83. The van der Waals surface area contributed by atoms with Crippen LogP contribution in [0.4, 0.5) is 17.1 Å².